The van der Waals surface area contributed by atoms with Gasteiger partial charge in [0.1, 0.15) is 8.07 Å². The molecule has 1 nitrogen and oxygen atoms in total. The van der Waals surface area contributed by atoms with Crippen molar-refractivity contribution in [2.45, 2.75) is 19.6 Å². The highest BCUT2D eigenvalue weighted by atomic mass is 35.5. The lowest BCUT2D eigenvalue weighted by Crippen LogP contribution is -2.16. The maximum absolute atomic E-state index is 10.7. The summed E-state index contributed by atoms with van der Waals surface area (Å²) < 4.78 is 0. The van der Waals surface area contributed by atoms with Gasteiger partial charge in [0.15, 0.2) is 6.29 Å². The average molecular weight is 271 g/mol. The summed E-state index contributed by atoms with van der Waals surface area (Å²) in [4.78, 5) is 10.7. The number of halogens is 2. The van der Waals surface area contributed by atoms with Crippen LogP contribution in [0, 0.1) is 11.5 Å². The van der Waals surface area contributed by atoms with Gasteiger partial charge in [-0.2, -0.15) is 0 Å². The highest BCUT2D eigenvalue weighted by Crippen LogP contribution is 2.24. The van der Waals surface area contributed by atoms with Gasteiger partial charge in [0.2, 0.25) is 0 Å². The van der Waals surface area contributed by atoms with Crippen molar-refractivity contribution in [3.05, 3.63) is 33.3 Å². The molecule has 0 saturated carbocycles. The molecular formula is C12H12Cl2OSi. The third-order valence-electron chi connectivity index (χ3n) is 1.78. The molecule has 1 aromatic carbocycles. The zero-order chi connectivity index (χ0) is 12.3. The van der Waals surface area contributed by atoms with Gasteiger partial charge in [0, 0.05) is 5.56 Å². The molecule has 0 aliphatic carbocycles. The normalized spacial score (nSPS) is 10.6. The van der Waals surface area contributed by atoms with Crippen molar-refractivity contribution < 1.29 is 4.79 Å². The molecular weight excluding hydrogens is 259 g/mol. The number of hydrogen-bond donors (Lipinski definition) is 0. The molecule has 4 heteroatoms. The summed E-state index contributed by atoms with van der Waals surface area (Å²) in [6.45, 7) is 6.47. The van der Waals surface area contributed by atoms with Gasteiger partial charge >= 0.3 is 0 Å². The van der Waals surface area contributed by atoms with Crippen LogP contribution in [0.2, 0.25) is 29.7 Å². The fraction of sp³-hybridized carbons (Fsp3) is 0.250. The van der Waals surface area contributed by atoms with Crippen LogP contribution in [0.3, 0.4) is 0 Å². The summed E-state index contributed by atoms with van der Waals surface area (Å²) in [5, 5.41) is 0.699. The second-order valence-corrected chi connectivity index (χ2v) is 10.0. The molecule has 0 radical (unpaired) electrons. The second kappa shape index (κ2) is 5.05. The molecule has 16 heavy (non-hydrogen) atoms. The third kappa shape index (κ3) is 3.68. The zero-order valence-electron chi connectivity index (χ0n) is 9.40. The van der Waals surface area contributed by atoms with Crippen molar-refractivity contribution >= 4 is 37.6 Å². The Hall–Kier alpha value is -0.753. The molecule has 0 bridgehead atoms. The maximum Gasteiger partial charge on any atom is 0.153 e. The van der Waals surface area contributed by atoms with Crippen LogP contribution in [0.1, 0.15) is 15.9 Å². The van der Waals surface area contributed by atoms with Crippen LogP contribution < -0.4 is 0 Å². The minimum Gasteiger partial charge on any atom is -0.298 e. The van der Waals surface area contributed by atoms with Gasteiger partial charge in [0.25, 0.3) is 0 Å². The summed E-state index contributed by atoms with van der Waals surface area (Å²) in [7, 11) is -1.41. The van der Waals surface area contributed by atoms with Crippen molar-refractivity contribution in [3.63, 3.8) is 0 Å². The molecule has 0 N–H and O–H groups in total. The molecule has 0 aromatic heterocycles. The van der Waals surface area contributed by atoms with Crippen molar-refractivity contribution in [3.8, 4) is 11.5 Å². The highest BCUT2D eigenvalue weighted by molar-refractivity contribution is 6.83. The summed E-state index contributed by atoms with van der Waals surface area (Å²) >= 11 is 11.8. The Morgan fingerprint density at radius 2 is 1.69 bits per heavy atom. The largest absolute Gasteiger partial charge is 0.298 e. The predicted octanol–water partition coefficient (Wildman–Crippen LogP) is 4.03. The number of carbonyl (C=O) groups excluding carboxylic acids is 1. The minimum atomic E-state index is -1.41. The average Bonchev–Trinajstić information content (AvgIpc) is 2.13. The van der Waals surface area contributed by atoms with E-state index in [2.05, 4.69) is 31.1 Å². The second-order valence-electron chi connectivity index (χ2n) is 4.47. The fourth-order valence-electron chi connectivity index (χ4n) is 1.03. The van der Waals surface area contributed by atoms with Crippen LogP contribution in [0.5, 0.6) is 0 Å². The van der Waals surface area contributed by atoms with E-state index in [1.807, 2.05) is 0 Å². The van der Waals surface area contributed by atoms with Crippen LogP contribution in [0.25, 0.3) is 0 Å². The molecule has 0 heterocycles. The predicted molar refractivity (Wildman–Crippen MR) is 72.1 cm³/mol. The Bertz CT molecular complexity index is 455. The van der Waals surface area contributed by atoms with E-state index in [1.54, 1.807) is 12.1 Å². The molecule has 1 aromatic rings. The topological polar surface area (TPSA) is 17.1 Å². The smallest absolute Gasteiger partial charge is 0.153 e. The molecule has 1 rings (SSSR count). The summed E-state index contributed by atoms with van der Waals surface area (Å²) in [6, 6.07) is 3.34. The fourth-order valence-corrected chi connectivity index (χ4v) is 2.12. The standard InChI is InChI=1S/C12H12Cl2OSi/c1-16(2,3)5-4-9-6-11(13)10(8-15)12(14)7-9/h6-8H,1-3H3. The molecule has 0 amide bonds. The molecule has 0 aliphatic rings. The van der Waals surface area contributed by atoms with Crippen molar-refractivity contribution in [2.75, 3.05) is 0 Å². The number of aldehydes is 1. The molecule has 0 atom stereocenters. The number of rotatable bonds is 1. The van der Waals surface area contributed by atoms with E-state index in [0.29, 0.717) is 21.9 Å². The Kier molecular flexibility index (Phi) is 4.20. The summed E-state index contributed by atoms with van der Waals surface area (Å²) in [5.41, 5.74) is 4.29. The number of benzene rings is 1. The molecule has 0 spiro atoms. The van der Waals surface area contributed by atoms with Gasteiger partial charge in [-0.15, -0.1) is 5.54 Å². The third-order valence-corrected chi connectivity index (χ3v) is 3.28. The molecule has 0 unspecified atom stereocenters. The zero-order valence-corrected chi connectivity index (χ0v) is 11.9. The van der Waals surface area contributed by atoms with Crippen molar-refractivity contribution in [1.82, 2.24) is 0 Å². The van der Waals surface area contributed by atoms with Gasteiger partial charge in [0.05, 0.1) is 15.6 Å². The first-order valence-electron chi connectivity index (χ1n) is 4.81. The number of carbonyl (C=O) groups is 1. The SMILES string of the molecule is C[Si](C)(C)C#Cc1cc(Cl)c(C=O)c(Cl)c1. The lowest BCUT2D eigenvalue weighted by atomic mass is 10.1. The molecule has 0 saturated heterocycles. The first kappa shape index (κ1) is 13.3. The highest BCUT2D eigenvalue weighted by Gasteiger charge is 2.09. The molecule has 0 fully saturated rings. The van der Waals surface area contributed by atoms with Crippen LogP contribution in [-0.4, -0.2) is 14.4 Å². The molecule has 0 aliphatic heterocycles. The summed E-state index contributed by atoms with van der Waals surface area (Å²) in [5.74, 6) is 3.04. The van der Waals surface area contributed by atoms with E-state index < -0.39 is 8.07 Å². The first-order chi connectivity index (χ1) is 7.33. The quantitative estimate of drug-likeness (QED) is 0.428. The lowest BCUT2D eigenvalue weighted by Gasteiger charge is -2.04. The monoisotopic (exact) mass is 270 g/mol. The van der Waals surface area contributed by atoms with Crippen LogP contribution in [0.4, 0.5) is 0 Å². The summed E-state index contributed by atoms with van der Waals surface area (Å²) in [6.07, 6.45) is 0.653. The Balaban J connectivity index is 3.18. The van der Waals surface area contributed by atoms with Gasteiger partial charge in [-0.1, -0.05) is 48.8 Å². The Morgan fingerprint density at radius 3 is 2.06 bits per heavy atom. The van der Waals surface area contributed by atoms with E-state index in [4.69, 9.17) is 23.2 Å². The first-order valence-corrected chi connectivity index (χ1v) is 9.06. The van der Waals surface area contributed by atoms with Crippen LogP contribution in [0.15, 0.2) is 12.1 Å². The van der Waals surface area contributed by atoms with Gasteiger partial charge in [-0.25, -0.2) is 0 Å². The van der Waals surface area contributed by atoms with Crippen molar-refractivity contribution in [1.29, 1.82) is 0 Å². The van der Waals surface area contributed by atoms with Gasteiger partial charge in [-0.3, -0.25) is 4.79 Å². The van der Waals surface area contributed by atoms with E-state index in [9.17, 15) is 4.79 Å². The molecule has 84 valence electrons. The van der Waals surface area contributed by atoms with Gasteiger partial charge < -0.3 is 0 Å². The number of hydrogen-bond acceptors (Lipinski definition) is 1. The van der Waals surface area contributed by atoms with E-state index in [0.717, 1.165) is 5.56 Å². The lowest BCUT2D eigenvalue weighted by molar-refractivity contribution is 0.112. The van der Waals surface area contributed by atoms with E-state index in [1.165, 1.54) is 0 Å². The van der Waals surface area contributed by atoms with Gasteiger partial charge in [-0.05, 0) is 12.1 Å². The van der Waals surface area contributed by atoms with E-state index in [-0.39, 0.29) is 0 Å². The maximum atomic E-state index is 10.7. The van der Waals surface area contributed by atoms with Crippen LogP contribution in [-0.2, 0) is 0 Å². The Morgan fingerprint density at radius 1 is 1.19 bits per heavy atom. The minimum absolute atomic E-state index is 0.321. The van der Waals surface area contributed by atoms with E-state index >= 15 is 0 Å². The van der Waals surface area contributed by atoms with Crippen molar-refractivity contribution in [2.24, 2.45) is 0 Å². The van der Waals surface area contributed by atoms with Crippen LogP contribution >= 0.6 is 23.2 Å². The Labute approximate surface area is 107 Å².